The predicted molar refractivity (Wildman–Crippen MR) is 117 cm³/mol. The van der Waals surface area contributed by atoms with Gasteiger partial charge in [0.1, 0.15) is 5.75 Å². The molecular formula is C20H36Cl2N2O3. The number of nitrogens with one attached hydrogen (secondary N) is 1. The van der Waals surface area contributed by atoms with E-state index in [2.05, 4.69) is 24.1 Å². The monoisotopic (exact) mass is 422 g/mol. The number of carboxylic acids is 1. The third kappa shape index (κ3) is 14.7. The van der Waals surface area contributed by atoms with Crippen molar-refractivity contribution in [1.82, 2.24) is 10.2 Å². The van der Waals surface area contributed by atoms with Gasteiger partial charge in [-0.25, -0.2) is 4.79 Å². The van der Waals surface area contributed by atoms with Gasteiger partial charge in [0.2, 0.25) is 0 Å². The van der Waals surface area contributed by atoms with Crippen LogP contribution in [0.3, 0.4) is 0 Å². The molecule has 0 radical (unpaired) electrons. The Morgan fingerprint density at radius 3 is 2.07 bits per heavy atom. The number of carbonyl (C=O) groups is 1. The number of halogens is 2. The first-order valence-electron chi connectivity index (χ1n) is 9.52. The topological polar surface area (TPSA) is 61.8 Å². The highest BCUT2D eigenvalue weighted by atomic mass is 35.5. The SMILES string of the molecule is CCCCN(CCCC)CCCNCc1ccc(OCC(=O)O)cc1.Cl.Cl. The molecule has 0 aliphatic carbocycles. The Morgan fingerprint density at radius 1 is 1.00 bits per heavy atom. The van der Waals surface area contributed by atoms with E-state index in [0.717, 1.165) is 26.1 Å². The van der Waals surface area contributed by atoms with Crippen LogP contribution in [0.4, 0.5) is 0 Å². The summed E-state index contributed by atoms with van der Waals surface area (Å²) >= 11 is 0. The zero-order chi connectivity index (χ0) is 18.3. The second-order valence-corrected chi connectivity index (χ2v) is 6.41. The van der Waals surface area contributed by atoms with Crippen LogP contribution in [0.15, 0.2) is 24.3 Å². The van der Waals surface area contributed by atoms with Crippen molar-refractivity contribution in [2.45, 2.75) is 52.5 Å². The summed E-state index contributed by atoms with van der Waals surface area (Å²) in [5.41, 5.74) is 1.18. The summed E-state index contributed by atoms with van der Waals surface area (Å²) in [6.45, 7) is 9.62. The summed E-state index contributed by atoms with van der Waals surface area (Å²) < 4.78 is 5.13. The molecule has 1 aromatic rings. The van der Waals surface area contributed by atoms with E-state index >= 15 is 0 Å². The van der Waals surface area contributed by atoms with Crippen molar-refractivity contribution in [2.24, 2.45) is 0 Å². The lowest BCUT2D eigenvalue weighted by molar-refractivity contribution is -0.139. The van der Waals surface area contributed by atoms with Gasteiger partial charge in [-0.15, -0.1) is 24.8 Å². The third-order valence-electron chi connectivity index (χ3n) is 4.10. The standard InChI is InChI=1S/C20H34N2O3.2ClH/c1-3-5-13-22(14-6-4-2)15-7-12-21-16-18-8-10-19(11-9-18)25-17-20(23)24;;/h8-11,21H,3-7,12-17H2,1-2H3,(H,23,24);2*1H. The fraction of sp³-hybridized carbons (Fsp3) is 0.650. The molecule has 0 saturated carbocycles. The van der Waals surface area contributed by atoms with E-state index in [4.69, 9.17) is 9.84 Å². The number of hydrogen-bond acceptors (Lipinski definition) is 4. The van der Waals surface area contributed by atoms with Crippen molar-refractivity contribution in [3.05, 3.63) is 29.8 Å². The molecule has 2 N–H and O–H groups in total. The maximum atomic E-state index is 10.5. The quantitative estimate of drug-likeness (QED) is 0.410. The van der Waals surface area contributed by atoms with Crippen LogP contribution in [0.2, 0.25) is 0 Å². The van der Waals surface area contributed by atoms with Gasteiger partial charge in [-0.2, -0.15) is 0 Å². The molecule has 1 aromatic carbocycles. The fourth-order valence-corrected chi connectivity index (χ4v) is 2.61. The second kappa shape index (κ2) is 18.4. The summed E-state index contributed by atoms with van der Waals surface area (Å²) in [7, 11) is 0. The molecule has 0 unspecified atom stereocenters. The van der Waals surface area contributed by atoms with Crippen LogP contribution >= 0.6 is 24.8 Å². The van der Waals surface area contributed by atoms with Crippen LogP contribution in [-0.4, -0.2) is 48.8 Å². The minimum atomic E-state index is -0.960. The maximum Gasteiger partial charge on any atom is 0.341 e. The van der Waals surface area contributed by atoms with E-state index in [1.54, 1.807) is 0 Å². The zero-order valence-electron chi connectivity index (χ0n) is 16.6. The van der Waals surface area contributed by atoms with Gasteiger partial charge in [0, 0.05) is 6.54 Å². The molecule has 7 heteroatoms. The van der Waals surface area contributed by atoms with Gasteiger partial charge in [0.25, 0.3) is 0 Å². The van der Waals surface area contributed by atoms with Gasteiger partial charge >= 0.3 is 5.97 Å². The predicted octanol–water partition coefficient (Wildman–Crippen LogP) is 4.38. The Morgan fingerprint density at radius 2 is 1.56 bits per heavy atom. The van der Waals surface area contributed by atoms with Crippen LogP contribution < -0.4 is 10.1 Å². The first-order valence-corrected chi connectivity index (χ1v) is 9.52. The summed E-state index contributed by atoms with van der Waals surface area (Å²) in [6.07, 6.45) is 6.24. The highest BCUT2D eigenvalue weighted by Gasteiger charge is 2.03. The van der Waals surface area contributed by atoms with Crippen molar-refractivity contribution < 1.29 is 14.6 Å². The van der Waals surface area contributed by atoms with Gasteiger partial charge in [-0.3, -0.25) is 0 Å². The average molecular weight is 423 g/mol. The summed E-state index contributed by atoms with van der Waals surface area (Å²) in [5.74, 6) is -0.369. The van der Waals surface area contributed by atoms with E-state index in [1.807, 2.05) is 24.3 Å². The van der Waals surface area contributed by atoms with E-state index in [9.17, 15) is 4.79 Å². The number of hydrogen-bond donors (Lipinski definition) is 2. The molecule has 0 saturated heterocycles. The minimum Gasteiger partial charge on any atom is -0.482 e. The first kappa shape index (κ1) is 28.2. The molecule has 1 rings (SSSR count). The van der Waals surface area contributed by atoms with E-state index in [1.165, 1.54) is 44.3 Å². The number of benzene rings is 1. The molecule has 27 heavy (non-hydrogen) atoms. The van der Waals surface area contributed by atoms with Crippen LogP contribution in [0.1, 0.15) is 51.5 Å². The Balaban J connectivity index is 0. The molecule has 0 aromatic heterocycles. The molecule has 0 amide bonds. The van der Waals surface area contributed by atoms with E-state index in [0.29, 0.717) is 5.75 Å². The molecule has 0 heterocycles. The highest BCUT2D eigenvalue weighted by Crippen LogP contribution is 2.12. The number of carboxylic acid groups (broad SMARTS) is 1. The summed E-state index contributed by atoms with van der Waals surface area (Å²) in [6, 6.07) is 7.58. The Bertz CT molecular complexity index is 465. The average Bonchev–Trinajstić information content (AvgIpc) is 2.62. The van der Waals surface area contributed by atoms with E-state index in [-0.39, 0.29) is 31.4 Å². The molecule has 0 fully saturated rings. The van der Waals surface area contributed by atoms with Gasteiger partial charge in [-0.1, -0.05) is 38.8 Å². The molecule has 0 aliphatic heterocycles. The van der Waals surface area contributed by atoms with Gasteiger partial charge < -0.3 is 20.1 Å². The van der Waals surface area contributed by atoms with Crippen molar-refractivity contribution in [3.8, 4) is 5.75 Å². The number of nitrogens with zero attached hydrogens (tertiary/aromatic N) is 1. The van der Waals surface area contributed by atoms with Crippen LogP contribution in [0.5, 0.6) is 5.75 Å². The van der Waals surface area contributed by atoms with Crippen molar-refractivity contribution in [3.63, 3.8) is 0 Å². The number of rotatable bonds is 15. The van der Waals surface area contributed by atoms with Crippen molar-refractivity contribution in [1.29, 1.82) is 0 Å². The van der Waals surface area contributed by atoms with Gasteiger partial charge in [-0.05, 0) is 63.1 Å². The Kier molecular flexibility index (Phi) is 19.2. The lowest BCUT2D eigenvalue weighted by Crippen LogP contribution is -2.29. The second-order valence-electron chi connectivity index (χ2n) is 6.41. The zero-order valence-corrected chi connectivity index (χ0v) is 18.2. The molecule has 0 atom stereocenters. The maximum absolute atomic E-state index is 10.5. The third-order valence-corrected chi connectivity index (χ3v) is 4.10. The fourth-order valence-electron chi connectivity index (χ4n) is 2.61. The molecule has 158 valence electrons. The van der Waals surface area contributed by atoms with Crippen LogP contribution in [0.25, 0.3) is 0 Å². The van der Waals surface area contributed by atoms with Gasteiger partial charge in [0.05, 0.1) is 0 Å². The Labute approximate surface area is 176 Å². The van der Waals surface area contributed by atoms with E-state index < -0.39 is 5.97 Å². The molecule has 0 aliphatic rings. The molecular weight excluding hydrogens is 387 g/mol. The summed E-state index contributed by atoms with van der Waals surface area (Å²) in [4.78, 5) is 13.1. The van der Waals surface area contributed by atoms with Gasteiger partial charge in [0.15, 0.2) is 6.61 Å². The minimum absolute atomic E-state index is 0. The molecule has 0 spiro atoms. The lowest BCUT2D eigenvalue weighted by atomic mass is 10.2. The molecule has 5 nitrogen and oxygen atoms in total. The lowest BCUT2D eigenvalue weighted by Gasteiger charge is -2.22. The van der Waals surface area contributed by atoms with Crippen LogP contribution in [-0.2, 0) is 11.3 Å². The highest BCUT2D eigenvalue weighted by molar-refractivity contribution is 5.85. The number of aliphatic carboxylic acids is 1. The van der Waals surface area contributed by atoms with Crippen molar-refractivity contribution >= 4 is 30.8 Å². The smallest absolute Gasteiger partial charge is 0.341 e. The summed E-state index contributed by atoms with van der Waals surface area (Å²) in [5, 5.41) is 12.1. The number of ether oxygens (including phenoxy) is 1. The van der Waals surface area contributed by atoms with Crippen LogP contribution in [0, 0.1) is 0 Å². The largest absolute Gasteiger partial charge is 0.482 e. The first-order chi connectivity index (χ1) is 12.2. The van der Waals surface area contributed by atoms with Crippen molar-refractivity contribution in [2.75, 3.05) is 32.8 Å². The normalized spacial score (nSPS) is 10.2. The molecule has 0 bridgehead atoms. The Hall–Kier alpha value is -1.01. The number of unbranched alkanes of at least 4 members (excludes halogenated alkanes) is 2.